The van der Waals surface area contributed by atoms with Crippen LogP contribution in [-0.2, 0) is 12.6 Å². The summed E-state index contributed by atoms with van der Waals surface area (Å²) in [4.78, 5) is 0. The van der Waals surface area contributed by atoms with Gasteiger partial charge in [0.2, 0.25) is 0 Å². The van der Waals surface area contributed by atoms with E-state index < -0.39 is 11.7 Å². The van der Waals surface area contributed by atoms with Gasteiger partial charge in [0, 0.05) is 13.6 Å². The van der Waals surface area contributed by atoms with Crippen molar-refractivity contribution < 1.29 is 13.2 Å². The van der Waals surface area contributed by atoms with Crippen LogP contribution >= 0.6 is 0 Å². The minimum absolute atomic E-state index is 0.247. The second-order valence-corrected chi connectivity index (χ2v) is 3.53. The summed E-state index contributed by atoms with van der Waals surface area (Å²) in [5.41, 5.74) is 3.30. The van der Waals surface area contributed by atoms with Crippen molar-refractivity contribution in [1.82, 2.24) is 5.43 Å². The number of para-hydroxylation sites is 1. The van der Waals surface area contributed by atoms with Crippen LogP contribution in [0.5, 0.6) is 0 Å². The number of halogens is 3. The number of alkyl halides is 3. The number of nitrogens with one attached hydrogen (secondary N) is 1. The van der Waals surface area contributed by atoms with Crippen molar-refractivity contribution in [2.24, 2.45) is 0 Å². The molecule has 0 spiro atoms. The maximum absolute atomic E-state index is 12.7. The first-order valence-corrected chi connectivity index (χ1v) is 4.66. The van der Waals surface area contributed by atoms with Crippen LogP contribution in [0.25, 0.3) is 0 Å². The van der Waals surface area contributed by atoms with Gasteiger partial charge in [0.1, 0.15) is 0 Å². The maximum atomic E-state index is 12.7. The largest absolute Gasteiger partial charge is 0.418 e. The van der Waals surface area contributed by atoms with Gasteiger partial charge in [-0.3, -0.25) is 0 Å². The van der Waals surface area contributed by atoms with Gasteiger partial charge in [0.15, 0.2) is 0 Å². The highest BCUT2D eigenvalue weighted by atomic mass is 19.4. The molecule has 0 atom stereocenters. The van der Waals surface area contributed by atoms with E-state index in [0.717, 1.165) is 11.6 Å². The number of anilines is 1. The van der Waals surface area contributed by atoms with Crippen molar-refractivity contribution in [2.75, 3.05) is 18.6 Å². The smallest absolute Gasteiger partial charge is 0.311 e. The molecule has 1 N–H and O–H groups in total. The zero-order chi connectivity index (χ0) is 11.1. The molecular formula is C10H11F3N2. The highest BCUT2D eigenvalue weighted by molar-refractivity contribution is 5.61. The van der Waals surface area contributed by atoms with Crippen LogP contribution in [0, 0.1) is 0 Å². The van der Waals surface area contributed by atoms with E-state index in [1.165, 1.54) is 11.1 Å². The number of hydrogen-bond acceptors (Lipinski definition) is 2. The molecule has 2 rings (SSSR count). The number of fused-ring (bicyclic) bond motifs is 1. The van der Waals surface area contributed by atoms with Gasteiger partial charge in [-0.2, -0.15) is 13.2 Å². The van der Waals surface area contributed by atoms with Crippen LogP contribution in [0.1, 0.15) is 11.1 Å². The van der Waals surface area contributed by atoms with E-state index >= 15 is 0 Å². The van der Waals surface area contributed by atoms with Crippen LogP contribution in [0.4, 0.5) is 18.9 Å². The monoisotopic (exact) mass is 216 g/mol. The number of rotatable bonds is 0. The summed E-state index contributed by atoms with van der Waals surface area (Å²) < 4.78 is 38.1. The van der Waals surface area contributed by atoms with Crippen LogP contribution in [0.3, 0.4) is 0 Å². The molecule has 0 amide bonds. The molecule has 0 aromatic heterocycles. The Kier molecular flexibility index (Phi) is 2.34. The lowest BCUT2D eigenvalue weighted by molar-refractivity contribution is -0.137. The number of benzene rings is 1. The zero-order valence-electron chi connectivity index (χ0n) is 8.23. The van der Waals surface area contributed by atoms with E-state index in [1.54, 1.807) is 13.1 Å². The SMILES string of the molecule is CN1NCCc2cccc(C(F)(F)F)c21. The molecule has 0 bridgehead atoms. The second-order valence-electron chi connectivity index (χ2n) is 3.53. The summed E-state index contributed by atoms with van der Waals surface area (Å²) in [6.45, 7) is 0.671. The van der Waals surface area contributed by atoms with Crippen molar-refractivity contribution in [3.63, 3.8) is 0 Å². The summed E-state index contributed by atoms with van der Waals surface area (Å²) >= 11 is 0. The molecule has 0 aliphatic carbocycles. The fourth-order valence-electron chi connectivity index (χ4n) is 1.86. The van der Waals surface area contributed by atoms with Crippen LogP contribution in [0.15, 0.2) is 18.2 Å². The Hall–Kier alpha value is -1.23. The summed E-state index contributed by atoms with van der Waals surface area (Å²) in [5.74, 6) is 0. The quantitative estimate of drug-likeness (QED) is 0.715. The van der Waals surface area contributed by atoms with Crippen molar-refractivity contribution >= 4 is 5.69 Å². The Morgan fingerprint density at radius 1 is 1.33 bits per heavy atom. The van der Waals surface area contributed by atoms with Gasteiger partial charge in [-0.15, -0.1) is 0 Å². The van der Waals surface area contributed by atoms with Gasteiger partial charge in [0.05, 0.1) is 11.3 Å². The third-order valence-electron chi connectivity index (χ3n) is 2.50. The molecule has 15 heavy (non-hydrogen) atoms. The van der Waals surface area contributed by atoms with Crippen LogP contribution in [-0.4, -0.2) is 13.6 Å². The predicted molar refractivity (Wildman–Crippen MR) is 51.6 cm³/mol. The van der Waals surface area contributed by atoms with Gasteiger partial charge in [-0.25, -0.2) is 5.43 Å². The molecule has 82 valence electrons. The highest BCUT2D eigenvalue weighted by Crippen LogP contribution is 2.38. The second kappa shape index (κ2) is 3.41. The molecule has 1 aliphatic heterocycles. The molecule has 1 aliphatic rings. The summed E-state index contributed by atoms with van der Waals surface area (Å²) in [6.07, 6.45) is -3.66. The van der Waals surface area contributed by atoms with E-state index in [9.17, 15) is 13.2 Å². The third kappa shape index (κ3) is 1.79. The number of nitrogens with zero attached hydrogens (tertiary/aromatic N) is 1. The lowest BCUT2D eigenvalue weighted by Crippen LogP contribution is -2.41. The van der Waals surface area contributed by atoms with Crippen molar-refractivity contribution in [3.05, 3.63) is 29.3 Å². The summed E-state index contributed by atoms with van der Waals surface area (Å²) in [6, 6.07) is 4.31. The first-order chi connectivity index (χ1) is 7.00. The molecule has 0 saturated carbocycles. The van der Waals surface area contributed by atoms with Crippen molar-refractivity contribution in [3.8, 4) is 0 Å². The molecule has 2 nitrogen and oxygen atoms in total. The molecule has 0 radical (unpaired) electrons. The van der Waals surface area contributed by atoms with E-state index in [-0.39, 0.29) is 5.69 Å². The Balaban J connectivity index is 2.57. The van der Waals surface area contributed by atoms with E-state index in [0.29, 0.717) is 13.0 Å². The summed E-state index contributed by atoms with van der Waals surface area (Å²) in [5, 5.41) is 1.45. The normalized spacial score (nSPS) is 16.4. The number of hydrazine groups is 1. The fraction of sp³-hybridized carbons (Fsp3) is 0.400. The highest BCUT2D eigenvalue weighted by Gasteiger charge is 2.36. The fourth-order valence-corrected chi connectivity index (χ4v) is 1.86. The molecule has 0 unspecified atom stereocenters. The van der Waals surface area contributed by atoms with Gasteiger partial charge in [-0.1, -0.05) is 12.1 Å². The standard InChI is InChI=1S/C10H11F3N2/c1-15-9-7(5-6-14-15)3-2-4-8(9)10(11,12)13/h2-4,14H,5-6H2,1H3. The molecule has 1 aromatic carbocycles. The van der Waals surface area contributed by atoms with Crippen molar-refractivity contribution in [2.45, 2.75) is 12.6 Å². The molecule has 0 fully saturated rings. The first kappa shape index (κ1) is 10.3. The van der Waals surface area contributed by atoms with Gasteiger partial charge < -0.3 is 5.01 Å². The van der Waals surface area contributed by atoms with E-state index in [2.05, 4.69) is 5.43 Å². The molecule has 1 heterocycles. The zero-order valence-corrected chi connectivity index (χ0v) is 8.23. The Morgan fingerprint density at radius 3 is 2.73 bits per heavy atom. The van der Waals surface area contributed by atoms with Gasteiger partial charge in [0.25, 0.3) is 0 Å². The minimum Gasteiger partial charge on any atom is -0.311 e. The average Bonchev–Trinajstić information content (AvgIpc) is 2.16. The molecule has 5 heteroatoms. The lowest BCUT2D eigenvalue weighted by Gasteiger charge is -2.31. The maximum Gasteiger partial charge on any atom is 0.418 e. The molecule has 0 saturated heterocycles. The Bertz CT molecular complexity index is 373. The van der Waals surface area contributed by atoms with Crippen molar-refractivity contribution in [1.29, 1.82) is 0 Å². The third-order valence-corrected chi connectivity index (χ3v) is 2.50. The average molecular weight is 216 g/mol. The van der Waals surface area contributed by atoms with Gasteiger partial charge in [-0.05, 0) is 18.1 Å². The number of hydrogen-bond donors (Lipinski definition) is 1. The van der Waals surface area contributed by atoms with Crippen LogP contribution in [0.2, 0.25) is 0 Å². The molecular weight excluding hydrogens is 205 g/mol. The van der Waals surface area contributed by atoms with E-state index in [1.807, 2.05) is 0 Å². The topological polar surface area (TPSA) is 15.3 Å². The Morgan fingerprint density at radius 2 is 2.07 bits per heavy atom. The van der Waals surface area contributed by atoms with Crippen LogP contribution < -0.4 is 10.4 Å². The Labute approximate surface area is 85.7 Å². The first-order valence-electron chi connectivity index (χ1n) is 4.66. The molecule has 1 aromatic rings. The summed E-state index contributed by atoms with van der Waals surface area (Å²) in [7, 11) is 1.60. The van der Waals surface area contributed by atoms with Gasteiger partial charge >= 0.3 is 6.18 Å². The van der Waals surface area contributed by atoms with E-state index in [4.69, 9.17) is 0 Å². The predicted octanol–water partition coefficient (Wildman–Crippen LogP) is 2.20. The lowest BCUT2D eigenvalue weighted by atomic mass is 10.0. The minimum atomic E-state index is -4.29.